The van der Waals surface area contributed by atoms with Gasteiger partial charge in [-0.3, -0.25) is 9.67 Å². The van der Waals surface area contributed by atoms with Gasteiger partial charge in [-0.05, 0) is 35.1 Å². The molecule has 0 bridgehead atoms. The Balaban J connectivity index is 1.52. The zero-order valence-corrected chi connectivity index (χ0v) is 17.5. The van der Waals surface area contributed by atoms with Crippen LogP contribution in [0.25, 0.3) is 0 Å². The lowest BCUT2D eigenvalue weighted by Gasteiger charge is -2.14. The molecule has 152 valence electrons. The van der Waals surface area contributed by atoms with Gasteiger partial charge in [0.2, 0.25) is 0 Å². The number of thioether (sulfide) groups is 1. The van der Waals surface area contributed by atoms with E-state index in [1.807, 2.05) is 47.6 Å². The Morgan fingerprint density at radius 2 is 1.86 bits per heavy atom. The summed E-state index contributed by atoms with van der Waals surface area (Å²) < 4.78 is 15.4. The summed E-state index contributed by atoms with van der Waals surface area (Å²) in [5, 5.41) is 11.0. The van der Waals surface area contributed by atoms with Crippen LogP contribution < -0.4 is 10.6 Å². The fourth-order valence-corrected chi connectivity index (χ4v) is 3.58. The van der Waals surface area contributed by atoms with Crippen LogP contribution >= 0.6 is 11.8 Å². The number of guanidine groups is 1. The molecule has 0 unspecified atom stereocenters. The standard InChI is InChI=1S/C22H26FN5S/c1-24-22(26-13-19-8-9-21(23)10-20(19)16-29-2)25-11-18-12-27-28(15-18)14-17-6-4-3-5-7-17/h3-10,12,15H,11,13-14,16H2,1-2H3,(H2,24,25,26). The van der Waals surface area contributed by atoms with E-state index in [0.717, 1.165) is 29.0 Å². The van der Waals surface area contributed by atoms with Crippen LogP contribution in [-0.2, 0) is 25.4 Å². The first kappa shape index (κ1) is 20.9. The Labute approximate surface area is 175 Å². The molecule has 0 saturated carbocycles. The minimum atomic E-state index is -0.201. The number of aromatic nitrogens is 2. The number of nitrogens with zero attached hydrogens (tertiary/aromatic N) is 3. The number of nitrogens with one attached hydrogen (secondary N) is 2. The molecule has 2 N–H and O–H groups in total. The summed E-state index contributed by atoms with van der Waals surface area (Å²) in [4.78, 5) is 4.27. The fraction of sp³-hybridized carbons (Fsp3) is 0.273. The number of rotatable bonds is 8. The first-order valence-corrected chi connectivity index (χ1v) is 10.8. The predicted molar refractivity (Wildman–Crippen MR) is 118 cm³/mol. The van der Waals surface area contributed by atoms with Crippen LogP contribution in [0.4, 0.5) is 4.39 Å². The van der Waals surface area contributed by atoms with Gasteiger partial charge in [0, 0.05) is 37.7 Å². The Kier molecular flexibility index (Phi) is 7.69. The minimum Gasteiger partial charge on any atom is -0.352 e. The third-order valence-corrected chi connectivity index (χ3v) is 5.07. The smallest absolute Gasteiger partial charge is 0.191 e. The lowest BCUT2D eigenvalue weighted by molar-refractivity contribution is 0.625. The first-order chi connectivity index (χ1) is 14.2. The molecule has 3 rings (SSSR count). The normalized spacial score (nSPS) is 11.5. The maximum absolute atomic E-state index is 13.5. The number of hydrogen-bond donors (Lipinski definition) is 2. The van der Waals surface area contributed by atoms with Crippen molar-refractivity contribution < 1.29 is 4.39 Å². The van der Waals surface area contributed by atoms with E-state index in [4.69, 9.17) is 0 Å². The summed E-state index contributed by atoms with van der Waals surface area (Å²) in [6.07, 6.45) is 5.91. The van der Waals surface area contributed by atoms with E-state index in [1.165, 1.54) is 11.6 Å². The second kappa shape index (κ2) is 10.7. The molecular weight excluding hydrogens is 385 g/mol. The molecule has 3 aromatic rings. The summed E-state index contributed by atoms with van der Waals surface area (Å²) in [6, 6.07) is 15.2. The van der Waals surface area contributed by atoms with E-state index in [9.17, 15) is 4.39 Å². The Hall–Kier alpha value is -2.80. The lowest BCUT2D eigenvalue weighted by atomic mass is 10.1. The van der Waals surface area contributed by atoms with Gasteiger partial charge in [0.1, 0.15) is 5.82 Å². The molecule has 0 aliphatic carbocycles. The molecule has 5 nitrogen and oxygen atoms in total. The SMILES string of the molecule is CN=C(NCc1cnn(Cc2ccccc2)c1)NCc1ccc(F)cc1CSC. The molecular formula is C22H26FN5S. The van der Waals surface area contributed by atoms with E-state index >= 15 is 0 Å². The van der Waals surface area contributed by atoms with Gasteiger partial charge >= 0.3 is 0 Å². The second-order valence-electron chi connectivity index (χ2n) is 6.66. The van der Waals surface area contributed by atoms with E-state index in [2.05, 4.69) is 32.9 Å². The maximum atomic E-state index is 13.5. The molecule has 0 aliphatic rings. The number of halogens is 1. The average Bonchev–Trinajstić information content (AvgIpc) is 3.17. The van der Waals surface area contributed by atoms with Gasteiger partial charge in [0.05, 0.1) is 12.7 Å². The molecule has 7 heteroatoms. The van der Waals surface area contributed by atoms with Crippen molar-refractivity contribution in [3.8, 4) is 0 Å². The number of aliphatic imine (C=N–C) groups is 1. The van der Waals surface area contributed by atoms with Crippen molar-refractivity contribution in [3.05, 3.63) is 89.0 Å². The molecule has 0 fully saturated rings. The van der Waals surface area contributed by atoms with E-state index < -0.39 is 0 Å². The van der Waals surface area contributed by atoms with Gasteiger partial charge < -0.3 is 10.6 Å². The molecule has 0 saturated heterocycles. The Morgan fingerprint density at radius 1 is 1.07 bits per heavy atom. The number of hydrogen-bond acceptors (Lipinski definition) is 3. The van der Waals surface area contributed by atoms with E-state index in [0.29, 0.717) is 19.0 Å². The highest BCUT2D eigenvalue weighted by Gasteiger charge is 2.06. The molecule has 29 heavy (non-hydrogen) atoms. The van der Waals surface area contributed by atoms with Crippen LogP contribution in [0.1, 0.15) is 22.3 Å². The van der Waals surface area contributed by atoms with Crippen LogP contribution in [0.3, 0.4) is 0 Å². The van der Waals surface area contributed by atoms with Crippen LogP contribution in [-0.4, -0.2) is 29.0 Å². The quantitative estimate of drug-likeness (QED) is 0.437. The third-order valence-electron chi connectivity index (χ3n) is 4.47. The van der Waals surface area contributed by atoms with Gasteiger partial charge in [-0.1, -0.05) is 36.4 Å². The van der Waals surface area contributed by atoms with E-state index in [1.54, 1.807) is 24.9 Å². The molecule has 0 aliphatic heterocycles. The van der Waals surface area contributed by atoms with Crippen LogP contribution in [0, 0.1) is 5.82 Å². The molecule has 2 aromatic carbocycles. The topological polar surface area (TPSA) is 54.2 Å². The molecule has 1 heterocycles. The van der Waals surface area contributed by atoms with Crippen molar-refractivity contribution in [1.29, 1.82) is 0 Å². The minimum absolute atomic E-state index is 0.201. The highest BCUT2D eigenvalue weighted by Crippen LogP contribution is 2.16. The van der Waals surface area contributed by atoms with Crippen molar-refractivity contribution >= 4 is 17.7 Å². The lowest BCUT2D eigenvalue weighted by Crippen LogP contribution is -2.36. The van der Waals surface area contributed by atoms with E-state index in [-0.39, 0.29) is 5.82 Å². The van der Waals surface area contributed by atoms with Gasteiger partial charge in [-0.15, -0.1) is 0 Å². The summed E-state index contributed by atoms with van der Waals surface area (Å²) in [5.74, 6) is 1.27. The molecule has 0 radical (unpaired) electrons. The molecule has 0 spiro atoms. The van der Waals surface area contributed by atoms with Crippen molar-refractivity contribution in [2.45, 2.75) is 25.4 Å². The average molecular weight is 412 g/mol. The van der Waals surface area contributed by atoms with Crippen molar-refractivity contribution in [3.63, 3.8) is 0 Å². The largest absolute Gasteiger partial charge is 0.352 e. The van der Waals surface area contributed by atoms with Gasteiger partial charge in [-0.2, -0.15) is 16.9 Å². The summed E-state index contributed by atoms with van der Waals surface area (Å²) in [7, 11) is 1.74. The molecule has 1 aromatic heterocycles. The van der Waals surface area contributed by atoms with Crippen LogP contribution in [0.15, 0.2) is 65.9 Å². The predicted octanol–water partition coefficient (Wildman–Crippen LogP) is 3.80. The van der Waals surface area contributed by atoms with Gasteiger partial charge in [0.25, 0.3) is 0 Å². The summed E-state index contributed by atoms with van der Waals surface area (Å²) >= 11 is 1.68. The van der Waals surface area contributed by atoms with Gasteiger partial charge in [0.15, 0.2) is 5.96 Å². The highest BCUT2D eigenvalue weighted by atomic mass is 32.2. The van der Waals surface area contributed by atoms with Crippen molar-refractivity contribution in [1.82, 2.24) is 20.4 Å². The maximum Gasteiger partial charge on any atom is 0.191 e. The van der Waals surface area contributed by atoms with Crippen molar-refractivity contribution in [2.75, 3.05) is 13.3 Å². The second-order valence-corrected chi connectivity index (χ2v) is 7.52. The zero-order chi connectivity index (χ0) is 20.5. The van der Waals surface area contributed by atoms with Crippen LogP contribution in [0.2, 0.25) is 0 Å². The third kappa shape index (κ3) is 6.35. The summed E-state index contributed by atoms with van der Waals surface area (Å²) in [6.45, 7) is 1.95. The highest BCUT2D eigenvalue weighted by molar-refractivity contribution is 7.97. The van der Waals surface area contributed by atoms with Crippen molar-refractivity contribution in [2.24, 2.45) is 4.99 Å². The first-order valence-electron chi connectivity index (χ1n) is 9.44. The fourth-order valence-electron chi connectivity index (χ4n) is 3.00. The molecule has 0 atom stereocenters. The zero-order valence-electron chi connectivity index (χ0n) is 16.7. The molecule has 0 amide bonds. The monoisotopic (exact) mass is 411 g/mol. The summed E-state index contributed by atoms with van der Waals surface area (Å²) in [5.41, 5.74) is 4.36. The Morgan fingerprint density at radius 3 is 2.62 bits per heavy atom. The Bertz CT molecular complexity index is 939. The number of benzene rings is 2. The van der Waals surface area contributed by atoms with Crippen LogP contribution in [0.5, 0.6) is 0 Å². The van der Waals surface area contributed by atoms with Gasteiger partial charge in [-0.25, -0.2) is 4.39 Å².